The monoisotopic (exact) mass is 692 g/mol. The lowest BCUT2D eigenvalue weighted by Crippen LogP contribution is -2.51. The van der Waals surface area contributed by atoms with E-state index in [1.165, 1.54) is 64.9 Å². The van der Waals surface area contributed by atoms with Crippen LogP contribution in [0.5, 0.6) is 23.0 Å². The maximum absolute atomic E-state index is 13.5. The Labute approximate surface area is 299 Å². The van der Waals surface area contributed by atoms with Gasteiger partial charge in [-0.15, -0.1) is 0 Å². The molecule has 0 heterocycles. The zero-order chi connectivity index (χ0) is 35.3. The van der Waals surface area contributed by atoms with E-state index in [9.17, 15) is 19.2 Å². The van der Waals surface area contributed by atoms with Gasteiger partial charge >= 0.3 is 11.9 Å². The van der Waals surface area contributed by atoms with Gasteiger partial charge in [-0.1, -0.05) is 24.3 Å². The van der Waals surface area contributed by atoms with Gasteiger partial charge < -0.3 is 18.9 Å². The molecule has 8 nitrogen and oxygen atoms in total. The van der Waals surface area contributed by atoms with Crippen molar-refractivity contribution in [3.63, 3.8) is 0 Å². The van der Waals surface area contributed by atoms with Crippen LogP contribution in [-0.4, -0.2) is 37.7 Å². The minimum absolute atomic E-state index is 0.143. The van der Waals surface area contributed by atoms with Gasteiger partial charge in [0.05, 0.1) is 31.5 Å². The molecular formula is C43H48O8. The molecule has 10 rings (SSSR count). The molecule has 0 unspecified atom stereocenters. The van der Waals surface area contributed by atoms with E-state index in [1.54, 1.807) is 48.6 Å². The zero-order valence-electron chi connectivity index (χ0n) is 29.7. The number of carbonyl (C=O) groups excluding carboxylic acids is 4. The van der Waals surface area contributed by atoms with E-state index in [4.69, 9.17) is 18.9 Å². The molecule has 8 aliphatic carbocycles. The smallest absolute Gasteiger partial charge is 0.317 e. The zero-order valence-corrected chi connectivity index (χ0v) is 29.7. The van der Waals surface area contributed by atoms with Crippen LogP contribution in [-0.2, 0) is 19.2 Å². The van der Waals surface area contributed by atoms with Crippen LogP contribution < -0.4 is 18.9 Å². The maximum Gasteiger partial charge on any atom is 0.317 e. The number of ether oxygens (including phenoxy) is 4. The molecule has 0 aromatic heterocycles. The van der Waals surface area contributed by atoms with Crippen molar-refractivity contribution in [3.05, 3.63) is 59.7 Å². The number of hydrogen-bond donors (Lipinski definition) is 0. The molecule has 8 saturated carbocycles. The molecule has 0 N–H and O–H groups in total. The predicted molar refractivity (Wildman–Crippen MR) is 191 cm³/mol. The summed E-state index contributed by atoms with van der Waals surface area (Å²) in [6, 6.07) is 10.4. The normalized spacial score (nSPS) is 32.7. The number of esters is 2. The second-order valence-corrected chi connectivity index (χ2v) is 16.8. The molecule has 0 amide bonds. The molecule has 51 heavy (non-hydrogen) atoms. The second-order valence-electron chi connectivity index (χ2n) is 16.8. The Hall–Kier alpha value is -4.20. The highest BCUT2D eigenvalue weighted by Gasteiger charge is 2.57. The van der Waals surface area contributed by atoms with Crippen molar-refractivity contribution in [2.24, 2.45) is 46.3 Å². The van der Waals surface area contributed by atoms with E-state index in [0.717, 1.165) is 38.5 Å². The molecule has 0 atom stereocenters. The molecule has 2 aromatic carbocycles. The quantitative estimate of drug-likeness (QED) is 0.0949. The summed E-state index contributed by atoms with van der Waals surface area (Å²) in [6.07, 6.45) is 18.8. The van der Waals surface area contributed by atoms with Gasteiger partial charge in [-0.2, -0.15) is 0 Å². The highest BCUT2D eigenvalue weighted by Crippen LogP contribution is 2.61. The molecule has 8 aliphatic rings. The molecule has 0 spiro atoms. The fourth-order valence-electron chi connectivity index (χ4n) is 11.5. The Morgan fingerprint density at radius 3 is 1.20 bits per heavy atom. The summed E-state index contributed by atoms with van der Waals surface area (Å²) < 4.78 is 23.0. The molecular weight excluding hydrogens is 644 g/mol. The Bertz CT molecular complexity index is 1600. The Morgan fingerprint density at radius 2 is 0.882 bits per heavy atom. The molecule has 8 fully saturated rings. The fourth-order valence-corrected chi connectivity index (χ4v) is 11.5. The third-order valence-electron chi connectivity index (χ3n) is 13.0. The number of hydrogen-bond acceptors (Lipinski definition) is 8. The number of methoxy groups -OCH3 is 2. The van der Waals surface area contributed by atoms with Gasteiger partial charge in [0.1, 0.15) is 0 Å². The van der Waals surface area contributed by atoms with Gasteiger partial charge in [0.15, 0.2) is 34.6 Å². The molecule has 8 bridgehead atoms. The van der Waals surface area contributed by atoms with Gasteiger partial charge in [-0.25, -0.2) is 0 Å². The summed E-state index contributed by atoms with van der Waals surface area (Å²) in [4.78, 5) is 52.3. The van der Waals surface area contributed by atoms with Crippen molar-refractivity contribution in [2.75, 3.05) is 14.2 Å². The lowest BCUT2D eigenvalue weighted by molar-refractivity contribution is -0.162. The first-order valence-corrected chi connectivity index (χ1v) is 18.8. The minimum atomic E-state index is -0.371. The van der Waals surface area contributed by atoms with E-state index in [0.29, 0.717) is 69.6 Å². The number of allylic oxidation sites excluding steroid dienone is 2. The molecule has 0 saturated heterocycles. The van der Waals surface area contributed by atoms with E-state index < -0.39 is 0 Å². The number of carbonyl (C=O) groups is 4. The predicted octanol–water partition coefficient (Wildman–Crippen LogP) is 8.20. The van der Waals surface area contributed by atoms with Gasteiger partial charge in [0, 0.05) is 0 Å². The first-order chi connectivity index (χ1) is 24.6. The fraction of sp³-hybridized carbons (Fsp3) is 0.535. The van der Waals surface area contributed by atoms with Crippen LogP contribution in [0.2, 0.25) is 0 Å². The molecule has 0 aliphatic heterocycles. The van der Waals surface area contributed by atoms with Crippen LogP contribution in [0.3, 0.4) is 0 Å². The molecule has 268 valence electrons. The van der Waals surface area contributed by atoms with Crippen LogP contribution in [0.15, 0.2) is 48.6 Å². The number of ketones is 2. The second kappa shape index (κ2) is 13.4. The van der Waals surface area contributed by atoms with Crippen LogP contribution >= 0.6 is 0 Å². The lowest BCUT2D eigenvalue weighted by Gasteiger charge is -2.55. The third-order valence-corrected chi connectivity index (χ3v) is 13.0. The van der Waals surface area contributed by atoms with E-state index in [2.05, 4.69) is 0 Å². The Kier molecular flexibility index (Phi) is 8.92. The van der Waals surface area contributed by atoms with E-state index in [-0.39, 0.29) is 40.8 Å². The Balaban J connectivity index is 0.848. The van der Waals surface area contributed by atoms with Crippen molar-refractivity contribution in [1.82, 2.24) is 0 Å². The topological polar surface area (TPSA) is 105 Å². The third kappa shape index (κ3) is 6.78. The van der Waals surface area contributed by atoms with Crippen LogP contribution in [0, 0.1) is 46.3 Å². The first kappa shape index (κ1) is 33.9. The largest absolute Gasteiger partial charge is 0.493 e. The first-order valence-electron chi connectivity index (χ1n) is 18.8. The minimum Gasteiger partial charge on any atom is -0.493 e. The van der Waals surface area contributed by atoms with Gasteiger partial charge in [-0.3, -0.25) is 19.2 Å². The molecule has 8 heteroatoms. The van der Waals surface area contributed by atoms with E-state index >= 15 is 0 Å². The van der Waals surface area contributed by atoms with E-state index in [1.807, 2.05) is 0 Å². The average molecular weight is 693 g/mol. The van der Waals surface area contributed by atoms with Gasteiger partial charge in [0.25, 0.3) is 0 Å². The molecule has 0 radical (unpaired) electrons. The van der Waals surface area contributed by atoms with Crippen molar-refractivity contribution in [2.45, 2.75) is 83.5 Å². The average Bonchev–Trinajstić information content (AvgIpc) is 3.09. The standard InChI is InChI=1S/C43H48O8/c1-48-38-17-26(5-9-36(38)50-40(46)42-20-28-11-29(21-42)13-30(12-28)22-42)3-7-34(44)19-35(45)8-4-27-6-10-37(39(18-27)49-2)51-41(47)43-23-31-14-32(24-43)16-33(15-31)25-43/h3-10,17-18,28-33H,11-16,19-25H2,1-2H3/b7-3+,8-4+. The van der Waals surface area contributed by atoms with Crippen LogP contribution in [0.1, 0.15) is 94.6 Å². The summed E-state index contributed by atoms with van der Waals surface area (Å²) in [5.41, 5.74) is 0.635. The van der Waals surface area contributed by atoms with Gasteiger partial charge in [0.2, 0.25) is 0 Å². The van der Waals surface area contributed by atoms with Crippen LogP contribution in [0.25, 0.3) is 12.2 Å². The van der Waals surface area contributed by atoms with Crippen LogP contribution in [0.4, 0.5) is 0 Å². The summed E-state index contributed by atoms with van der Waals surface area (Å²) >= 11 is 0. The van der Waals surface area contributed by atoms with Crippen molar-refractivity contribution < 1.29 is 38.1 Å². The summed E-state index contributed by atoms with van der Waals surface area (Å²) in [7, 11) is 3.06. The SMILES string of the molecule is COc1cc(/C=C/C(=O)CC(=O)/C=C/c2ccc(OC(=O)C34CC5CC(CC(C5)C3)C4)c(OC)c2)ccc1OC(=O)C12CC3CC(CC(C3)C1)C2. The highest BCUT2D eigenvalue weighted by atomic mass is 16.6. The summed E-state index contributed by atoms with van der Waals surface area (Å²) in [6.45, 7) is 0. The maximum atomic E-state index is 13.5. The van der Waals surface area contributed by atoms with Crippen molar-refractivity contribution in [1.29, 1.82) is 0 Å². The van der Waals surface area contributed by atoms with Crippen molar-refractivity contribution >= 4 is 35.7 Å². The number of rotatable bonds is 12. The summed E-state index contributed by atoms with van der Waals surface area (Å²) in [5, 5.41) is 0. The number of benzene rings is 2. The Morgan fingerprint density at radius 1 is 0.549 bits per heavy atom. The summed E-state index contributed by atoms with van der Waals surface area (Å²) in [5.74, 6) is 4.48. The molecule has 2 aromatic rings. The van der Waals surface area contributed by atoms with Crippen molar-refractivity contribution in [3.8, 4) is 23.0 Å². The van der Waals surface area contributed by atoms with Gasteiger partial charge in [-0.05, 0) is 160 Å². The highest BCUT2D eigenvalue weighted by molar-refractivity contribution is 6.11. The lowest BCUT2D eigenvalue weighted by atomic mass is 9.49.